The monoisotopic (exact) mass is 339 g/mol. The Morgan fingerprint density at radius 3 is 2.86 bits per heavy atom. The van der Waals surface area contributed by atoms with Crippen molar-refractivity contribution in [2.45, 2.75) is 19.4 Å². The lowest BCUT2D eigenvalue weighted by molar-refractivity contribution is -0.124. The maximum Gasteiger partial charge on any atom is 0.258 e. The van der Waals surface area contributed by atoms with Crippen LogP contribution in [0.15, 0.2) is 35.7 Å². The summed E-state index contributed by atoms with van der Waals surface area (Å²) in [6.45, 7) is 3.56. The van der Waals surface area contributed by atoms with Crippen LogP contribution < -0.4 is 10.1 Å². The fourth-order valence-electron chi connectivity index (χ4n) is 1.91. The molecular weight excluding hydrogens is 322 g/mol. The number of rotatable bonds is 6. The second-order valence-electron chi connectivity index (χ2n) is 5.23. The van der Waals surface area contributed by atoms with Crippen LogP contribution in [0.1, 0.15) is 17.4 Å². The van der Waals surface area contributed by atoms with E-state index in [4.69, 9.17) is 16.3 Å². The highest BCUT2D eigenvalue weighted by Crippen LogP contribution is 2.24. The van der Waals surface area contributed by atoms with Crippen molar-refractivity contribution in [1.82, 2.24) is 5.32 Å². The van der Waals surface area contributed by atoms with Gasteiger partial charge >= 0.3 is 0 Å². The van der Waals surface area contributed by atoms with Crippen LogP contribution >= 0.6 is 22.9 Å². The maximum atomic E-state index is 11.8. The van der Waals surface area contributed by atoms with E-state index >= 15 is 0 Å². The first-order valence-electron chi connectivity index (χ1n) is 6.80. The Labute approximate surface area is 138 Å². The average molecular weight is 340 g/mol. The Morgan fingerprint density at radius 2 is 2.23 bits per heavy atom. The van der Waals surface area contributed by atoms with Gasteiger partial charge in [0.25, 0.3) is 5.91 Å². The quantitative estimate of drug-likeness (QED) is 0.850. The Bertz CT molecular complexity index is 641. The van der Waals surface area contributed by atoms with Crippen molar-refractivity contribution in [1.29, 1.82) is 0 Å². The number of ether oxygens (including phenoxy) is 1. The largest absolute Gasteiger partial charge is 0.484 e. The molecule has 6 heteroatoms. The molecule has 1 unspecified atom stereocenters. The van der Waals surface area contributed by atoms with Crippen LogP contribution in [0.5, 0.6) is 5.75 Å². The molecule has 1 atom stereocenters. The van der Waals surface area contributed by atoms with E-state index in [9.17, 15) is 9.90 Å². The topological polar surface area (TPSA) is 58.6 Å². The number of amides is 1. The van der Waals surface area contributed by atoms with Crippen molar-refractivity contribution in [3.05, 3.63) is 51.2 Å². The van der Waals surface area contributed by atoms with E-state index in [1.165, 1.54) is 11.3 Å². The molecule has 22 heavy (non-hydrogen) atoms. The number of hydrogen-bond donors (Lipinski definition) is 2. The van der Waals surface area contributed by atoms with Gasteiger partial charge in [-0.3, -0.25) is 4.79 Å². The van der Waals surface area contributed by atoms with Gasteiger partial charge in [-0.2, -0.15) is 0 Å². The van der Waals surface area contributed by atoms with Crippen molar-refractivity contribution >= 4 is 28.8 Å². The molecule has 2 aromatic rings. The third kappa shape index (κ3) is 4.47. The summed E-state index contributed by atoms with van der Waals surface area (Å²) in [6, 6.07) is 8.92. The van der Waals surface area contributed by atoms with Crippen LogP contribution in [-0.2, 0) is 10.4 Å². The number of benzene rings is 1. The summed E-state index contributed by atoms with van der Waals surface area (Å²) in [7, 11) is 0. The van der Waals surface area contributed by atoms with Gasteiger partial charge in [0.05, 0.1) is 6.54 Å². The summed E-state index contributed by atoms with van der Waals surface area (Å²) in [6.07, 6.45) is 0. The number of hydrogen-bond acceptors (Lipinski definition) is 4. The lowest BCUT2D eigenvalue weighted by atomic mass is 10.1. The lowest BCUT2D eigenvalue weighted by Crippen LogP contribution is -2.40. The van der Waals surface area contributed by atoms with Crippen LogP contribution in [0.4, 0.5) is 0 Å². The van der Waals surface area contributed by atoms with Crippen LogP contribution in [0.2, 0.25) is 5.02 Å². The van der Waals surface area contributed by atoms with Crippen LogP contribution in [0, 0.1) is 6.92 Å². The van der Waals surface area contributed by atoms with Gasteiger partial charge in [-0.25, -0.2) is 0 Å². The normalized spacial score (nSPS) is 13.5. The third-order valence-electron chi connectivity index (χ3n) is 3.18. The second-order valence-corrected chi connectivity index (χ2v) is 6.61. The molecule has 1 amide bonds. The third-order valence-corrected chi connectivity index (χ3v) is 4.54. The van der Waals surface area contributed by atoms with E-state index < -0.39 is 5.60 Å². The summed E-state index contributed by atoms with van der Waals surface area (Å²) >= 11 is 7.32. The Kier molecular flexibility index (Phi) is 5.45. The van der Waals surface area contributed by atoms with Gasteiger partial charge in [0.15, 0.2) is 6.61 Å². The maximum absolute atomic E-state index is 11.8. The van der Waals surface area contributed by atoms with Crippen LogP contribution in [0.3, 0.4) is 0 Å². The molecule has 0 radical (unpaired) electrons. The summed E-state index contributed by atoms with van der Waals surface area (Å²) in [5.41, 5.74) is -0.217. The minimum absolute atomic E-state index is 0.108. The highest BCUT2D eigenvalue weighted by atomic mass is 35.5. The Hall–Kier alpha value is -1.56. The molecule has 2 N–H and O–H groups in total. The fourth-order valence-corrected chi connectivity index (χ4v) is 2.93. The summed E-state index contributed by atoms with van der Waals surface area (Å²) in [4.78, 5) is 12.6. The average Bonchev–Trinajstić information content (AvgIpc) is 2.99. The van der Waals surface area contributed by atoms with Crippen molar-refractivity contribution in [3.63, 3.8) is 0 Å². The van der Waals surface area contributed by atoms with Gasteiger partial charge in [0.1, 0.15) is 11.4 Å². The van der Waals surface area contributed by atoms with Crippen molar-refractivity contribution < 1.29 is 14.6 Å². The number of thiophene rings is 1. The number of aliphatic hydroxyl groups is 1. The highest BCUT2D eigenvalue weighted by Gasteiger charge is 2.24. The van der Waals surface area contributed by atoms with E-state index in [0.29, 0.717) is 10.8 Å². The number of carbonyl (C=O) groups excluding carboxylic acids is 1. The van der Waals surface area contributed by atoms with E-state index in [1.807, 2.05) is 24.4 Å². The van der Waals surface area contributed by atoms with Crippen molar-refractivity contribution in [3.8, 4) is 5.75 Å². The number of aryl methyl sites for hydroxylation is 1. The molecule has 118 valence electrons. The molecule has 0 aliphatic rings. The minimum Gasteiger partial charge on any atom is -0.484 e. The van der Waals surface area contributed by atoms with Crippen LogP contribution in [-0.4, -0.2) is 24.2 Å². The second kappa shape index (κ2) is 7.13. The summed E-state index contributed by atoms with van der Waals surface area (Å²) in [5, 5.41) is 15.5. The molecule has 2 rings (SSSR count). The molecule has 0 spiro atoms. The molecule has 1 heterocycles. The zero-order valence-electron chi connectivity index (χ0n) is 12.4. The molecule has 0 bridgehead atoms. The lowest BCUT2D eigenvalue weighted by Gasteiger charge is -2.22. The molecule has 0 fully saturated rings. The Balaban J connectivity index is 1.83. The molecule has 4 nitrogen and oxygen atoms in total. The molecule has 0 saturated carbocycles. The molecule has 1 aromatic carbocycles. The highest BCUT2D eigenvalue weighted by molar-refractivity contribution is 7.10. The number of nitrogens with one attached hydrogen (secondary N) is 1. The SMILES string of the molecule is Cc1cc(Cl)ccc1OCC(=O)NCC(C)(O)c1cccs1. The Morgan fingerprint density at radius 1 is 1.45 bits per heavy atom. The predicted molar refractivity (Wildman–Crippen MR) is 88.6 cm³/mol. The first kappa shape index (κ1) is 16.8. The molecule has 0 saturated heterocycles. The zero-order chi connectivity index (χ0) is 16.2. The van der Waals surface area contributed by atoms with Gasteiger partial charge in [0.2, 0.25) is 0 Å². The fraction of sp³-hybridized carbons (Fsp3) is 0.312. The first-order chi connectivity index (χ1) is 10.4. The van der Waals surface area contributed by atoms with Gasteiger partial charge in [-0.1, -0.05) is 17.7 Å². The predicted octanol–water partition coefficient (Wildman–Crippen LogP) is 3.11. The van der Waals surface area contributed by atoms with Gasteiger partial charge in [-0.05, 0) is 49.1 Å². The van der Waals surface area contributed by atoms with E-state index in [0.717, 1.165) is 10.4 Å². The molecule has 1 aromatic heterocycles. The van der Waals surface area contributed by atoms with Crippen molar-refractivity contribution in [2.75, 3.05) is 13.2 Å². The molecular formula is C16H18ClNO3S. The van der Waals surface area contributed by atoms with E-state index in [2.05, 4.69) is 5.32 Å². The first-order valence-corrected chi connectivity index (χ1v) is 8.06. The molecule has 0 aliphatic carbocycles. The van der Waals surface area contributed by atoms with Crippen molar-refractivity contribution in [2.24, 2.45) is 0 Å². The van der Waals surface area contributed by atoms with E-state index in [-0.39, 0.29) is 19.1 Å². The number of halogens is 1. The standard InChI is InChI=1S/C16H18ClNO3S/c1-11-8-12(17)5-6-13(11)21-9-15(19)18-10-16(2,20)14-4-3-7-22-14/h3-8,20H,9-10H2,1-2H3,(H,18,19). The van der Waals surface area contributed by atoms with Crippen LogP contribution in [0.25, 0.3) is 0 Å². The summed E-state index contributed by atoms with van der Waals surface area (Å²) < 4.78 is 5.46. The smallest absolute Gasteiger partial charge is 0.258 e. The zero-order valence-corrected chi connectivity index (χ0v) is 14.0. The minimum atomic E-state index is -1.08. The van der Waals surface area contributed by atoms with Gasteiger partial charge < -0.3 is 15.2 Å². The number of carbonyl (C=O) groups is 1. The van der Waals surface area contributed by atoms with Gasteiger partial charge in [0, 0.05) is 9.90 Å². The molecule has 0 aliphatic heterocycles. The summed E-state index contributed by atoms with van der Waals surface area (Å²) in [5.74, 6) is 0.329. The van der Waals surface area contributed by atoms with E-state index in [1.54, 1.807) is 25.1 Å². The van der Waals surface area contributed by atoms with Gasteiger partial charge in [-0.15, -0.1) is 11.3 Å².